The first-order valence-electron chi connectivity index (χ1n) is 7.13. The highest BCUT2D eigenvalue weighted by atomic mass is 16.4. The summed E-state index contributed by atoms with van der Waals surface area (Å²) < 4.78 is 0. The number of carboxylic acid groups (broad SMARTS) is 1. The molecule has 4 nitrogen and oxygen atoms in total. The second-order valence-corrected chi connectivity index (χ2v) is 5.63. The molecule has 3 aliphatic rings. The van der Waals surface area contributed by atoms with Crippen molar-refractivity contribution in [2.45, 2.75) is 51.0 Å². The quantitative estimate of drug-likeness (QED) is 0.788. The minimum Gasteiger partial charge on any atom is -0.480 e. The Labute approximate surface area is 112 Å². The molecule has 0 aromatic heterocycles. The largest absolute Gasteiger partial charge is 0.480 e. The first-order chi connectivity index (χ1) is 9.18. The third-order valence-corrected chi connectivity index (χ3v) is 4.51. The van der Waals surface area contributed by atoms with E-state index in [0.29, 0.717) is 18.8 Å². The topological polar surface area (TPSA) is 57.6 Å². The lowest BCUT2D eigenvalue weighted by atomic mass is 9.84. The lowest BCUT2D eigenvalue weighted by Gasteiger charge is -2.36. The SMILES string of the molecule is O=C(O)C1CCCC2=C3C=CCCC3CCC(=O)N21. The fourth-order valence-electron chi connectivity index (χ4n) is 3.59. The van der Waals surface area contributed by atoms with Gasteiger partial charge < -0.3 is 10.0 Å². The number of carboxylic acids is 1. The van der Waals surface area contributed by atoms with E-state index in [1.165, 1.54) is 5.57 Å². The maximum absolute atomic E-state index is 12.3. The van der Waals surface area contributed by atoms with Gasteiger partial charge in [-0.3, -0.25) is 4.79 Å². The minimum absolute atomic E-state index is 0.00241. The third kappa shape index (κ3) is 2.09. The number of hydrogen-bond acceptors (Lipinski definition) is 2. The van der Waals surface area contributed by atoms with E-state index < -0.39 is 12.0 Å². The van der Waals surface area contributed by atoms with Gasteiger partial charge in [0.2, 0.25) is 5.91 Å². The molecule has 1 saturated heterocycles. The summed E-state index contributed by atoms with van der Waals surface area (Å²) >= 11 is 0. The highest BCUT2D eigenvalue weighted by molar-refractivity contribution is 5.86. The highest BCUT2D eigenvalue weighted by Gasteiger charge is 2.39. The Morgan fingerprint density at radius 3 is 2.89 bits per heavy atom. The summed E-state index contributed by atoms with van der Waals surface area (Å²) in [6.07, 6.45) is 10.1. The molecule has 19 heavy (non-hydrogen) atoms. The van der Waals surface area contributed by atoms with E-state index in [-0.39, 0.29) is 5.91 Å². The average molecular weight is 261 g/mol. The number of allylic oxidation sites excluding steroid dienone is 4. The predicted octanol–water partition coefficient (Wildman–Crippen LogP) is 2.47. The van der Waals surface area contributed by atoms with Crippen LogP contribution in [0.4, 0.5) is 0 Å². The number of hydrogen-bond donors (Lipinski definition) is 1. The molecule has 2 unspecified atom stereocenters. The lowest BCUT2D eigenvalue weighted by molar-refractivity contribution is -0.149. The fraction of sp³-hybridized carbons (Fsp3) is 0.600. The van der Waals surface area contributed by atoms with E-state index in [9.17, 15) is 14.7 Å². The fourth-order valence-corrected chi connectivity index (χ4v) is 3.59. The molecule has 0 spiro atoms. The van der Waals surface area contributed by atoms with Crippen LogP contribution >= 0.6 is 0 Å². The molecule has 1 amide bonds. The van der Waals surface area contributed by atoms with Crippen molar-refractivity contribution < 1.29 is 14.7 Å². The van der Waals surface area contributed by atoms with Gasteiger partial charge in [-0.15, -0.1) is 0 Å². The summed E-state index contributed by atoms with van der Waals surface area (Å²) in [5.74, 6) is -0.428. The van der Waals surface area contributed by atoms with Gasteiger partial charge in [-0.05, 0) is 50.0 Å². The number of amides is 1. The number of aliphatic carboxylic acids is 1. The average Bonchev–Trinajstić information content (AvgIpc) is 2.57. The van der Waals surface area contributed by atoms with Gasteiger partial charge in [0.1, 0.15) is 6.04 Å². The monoisotopic (exact) mass is 261 g/mol. The molecule has 3 rings (SSSR count). The van der Waals surface area contributed by atoms with Gasteiger partial charge in [0.25, 0.3) is 0 Å². The second kappa shape index (κ2) is 4.83. The molecule has 0 aromatic carbocycles. The van der Waals surface area contributed by atoms with Crippen molar-refractivity contribution in [3.05, 3.63) is 23.4 Å². The summed E-state index contributed by atoms with van der Waals surface area (Å²) in [5, 5.41) is 9.35. The van der Waals surface area contributed by atoms with Crippen molar-refractivity contribution in [3.8, 4) is 0 Å². The molecule has 0 aromatic rings. The number of carbonyl (C=O) groups is 2. The van der Waals surface area contributed by atoms with Crippen LogP contribution in [0.1, 0.15) is 44.9 Å². The zero-order chi connectivity index (χ0) is 13.4. The molecule has 0 radical (unpaired) electrons. The van der Waals surface area contributed by atoms with Gasteiger partial charge in [0.05, 0.1) is 0 Å². The molecule has 4 heteroatoms. The Morgan fingerprint density at radius 2 is 2.11 bits per heavy atom. The Bertz CT molecular complexity index is 478. The van der Waals surface area contributed by atoms with Gasteiger partial charge >= 0.3 is 5.97 Å². The van der Waals surface area contributed by atoms with Crippen LogP contribution < -0.4 is 0 Å². The highest BCUT2D eigenvalue weighted by Crippen LogP contribution is 2.40. The molecule has 0 saturated carbocycles. The summed E-state index contributed by atoms with van der Waals surface area (Å²) in [5.41, 5.74) is 2.21. The summed E-state index contributed by atoms with van der Waals surface area (Å²) in [7, 11) is 0. The Morgan fingerprint density at radius 1 is 1.26 bits per heavy atom. The van der Waals surface area contributed by atoms with Crippen molar-refractivity contribution in [1.29, 1.82) is 0 Å². The van der Waals surface area contributed by atoms with Crippen molar-refractivity contribution in [2.75, 3.05) is 0 Å². The summed E-state index contributed by atoms with van der Waals surface area (Å²) in [4.78, 5) is 25.3. The van der Waals surface area contributed by atoms with Gasteiger partial charge in [0, 0.05) is 12.1 Å². The first-order valence-corrected chi connectivity index (χ1v) is 7.13. The van der Waals surface area contributed by atoms with E-state index in [4.69, 9.17) is 0 Å². The number of nitrogens with zero attached hydrogens (tertiary/aromatic N) is 1. The van der Waals surface area contributed by atoms with Crippen LogP contribution in [-0.2, 0) is 9.59 Å². The van der Waals surface area contributed by atoms with Crippen LogP contribution in [0, 0.1) is 5.92 Å². The van der Waals surface area contributed by atoms with Crippen LogP contribution in [-0.4, -0.2) is 27.9 Å². The molecule has 1 N–H and O–H groups in total. The standard InChI is InChI=1S/C15H19NO3/c17-14-9-8-10-4-1-2-5-11(10)12-6-3-7-13(15(18)19)16(12)14/h2,5,10,13H,1,3-4,6-9H2,(H,18,19). The number of rotatable bonds is 1. The normalized spacial score (nSPS) is 30.7. The first kappa shape index (κ1) is 12.5. The second-order valence-electron chi connectivity index (χ2n) is 5.63. The predicted molar refractivity (Wildman–Crippen MR) is 70.2 cm³/mol. The van der Waals surface area contributed by atoms with E-state index in [0.717, 1.165) is 37.8 Å². The zero-order valence-electron chi connectivity index (χ0n) is 11.0. The van der Waals surface area contributed by atoms with Crippen LogP contribution in [0.5, 0.6) is 0 Å². The third-order valence-electron chi connectivity index (χ3n) is 4.51. The summed E-state index contributed by atoms with van der Waals surface area (Å²) in [6.45, 7) is 0. The van der Waals surface area contributed by atoms with Gasteiger partial charge in [-0.1, -0.05) is 12.2 Å². The Hall–Kier alpha value is -1.58. The minimum atomic E-state index is -0.871. The Kier molecular flexibility index (Phi) is 3.17. The lowest BCUT2D eigenvalue weighted by Crippen LogP contribution is -2.46. The van der Waals surface area contributed by atoms with E-state index in [2.05, 4.69) is 12.2 Å². The molecular formula is C15H19NO3. The maximum atomic E-state index is 12.3. The number of fused-ring (bicyclic) bond motifs is 2. The van der Waals surface area contributed by atoms with Gasteiger partial charge in [-0.25, -0.2) is 4.79 Å². The van der Waals surface area contributed by atoms with Crippen LogP contribution in [0.15, 0.2) is 23.4 Å². The molecular weight excluding hydrogens is 242 g/mol. The van der Waals surface area contributed by atoms with Crippen molar-refractivity contribution in [1.82, 2.24) is 4.90 Å². The molecule has 1 aliphatic carbocycles. The van der Waals surface area contributed by atoms with E-state index >= 15 is 0 Å². The van der Waals surface area contributed by atoms with Crippen molar-refractivity contribution in [3.63, 3.8) is 0 Å². The zero-order valence-corrected chi connectivity index (χ0v) is 11.0. The van der Waals surface area contributed by atoms with E-state index in [1.807, 2.05) is 0 Å². The maximum Gasteiger partial charge on any atom is 0.326 e. The van der Waals surface area contributed by atoms with Gasteiger partial charge in [-0.2, -0.15) is 0 Å². The number of carbonyl (C=O) groups excluding carboxylic acids is 1. The molecule has 2 heterocycles. The molecule has 2 aliphatic heterocycles. The van der Waals surface area contributed by atoms with Crippen molar-refractivity contribution in [2.24, 2.45) is 5.92 Å². The molecule has 102 valence electrons. The van der Waals surface area contributed by atoms with Gasteiger partial charge in [0.15, 0.2) is 0 Å². The van der Waals surface area contributed by atoms with Crippen LogP contribution in [0.2, 0.25) is 0 Å². The smallest absolute Gasteiger partial charge is 0.326 e. The Balaban J connectivity index is 2.07. The molecule has 2 atom stereocenters. The summed E-state index contributed by atoms with van der Waals surface area (Å²) in [6, 6.07) is -0.655. The molecule has 0 bridgehead atoms. The van der Waals surface area contributed by atoms with Crippen LogP contribution in [0.25, 0.3) is 0 Å². The van der Waals surface area contributed by atoms with Crippen molar-refractivity contribution >= 4 is 11.9 Å². The van der Waals surface area contributed by atoms with E-state index in [1.54, 1.807) is 4.90 Å². The van der Waals surface area contributed by atoms with Crippen LogP contribution in [0.3, 0.4) is 0 Å². The number of piperidine rings is 1. The molecule has 1 fully saturated rings.